The number of hydrogen-bond donors (Lipinski definition) is 1. The van der Waals surface area contributed by atoms with E-state index >= 15 is 0 Å². The van der Waals surface area contributed by atoms with Crippen LogP contribution >= 0.6 is 0 Å². The maximum absolute atomic E-state index is 11.9. The second-order valence-corrected chi connectivity index (χ2v) is 4.21. The zero-order valence-electron chi connectivity index (χ0n) is 10.3. The lowest BCUT2D eigenvalue weighted by Gasteiger charge is -2.09. The lowest BCUT2D eigenvalue weighted by Crippen LogP contribution is -2.32. The first-order valence-corrected chi connectivity index (χ1v) is 5.82. The van der Waals surface area contributed by atoms with Crippen molar-refractivity contribution in [1.82, 2.24) is 5.32 Å². The molecule has 1 aromatic heterocycles. The summed E-state index contributed by atoms with van der Waals surface area (Å²) in [6.07, 6.45) is 0.198. The Kier molecular flexibility index (Phi) is 3.62. The lowest BCUT2D eigenvalue weighted by molar-refractivity contribution is 0.0913. The van der Waals surface area contributed by atoms with Gasteiger partial charge in [-0.2, -0.15) is 5.26 Å². The van der Waals surface area contributed by atoms with Gasteiger partial charge < -0.3 is 9.73 Å². The Bertz CT molecular complexity index is 712. The van der Waals surface area contributed by atoms with Gasteiger partial charge in [0.25, 0.3) is 5.91 Å². The molecule has 0 fully saturated rings. The Morgan fingerprint density at radius 1 is 1.47 bits per heavy atom. The summed E-state index contributed by atoms with van der Waals surface area (Å²) in [5.74, 6) is -0.543. The Morgan fingerprint density at radius 3 is 2.95 bits per heavy atom. The van der Waals surface area contributed by atoms with Crippen LogP contribution in [-0.4, -0.2) is 11.9 Å². The van der Waals surface area contributed by atoms with Gasteiger partial charge in [-0.1, -0.05) is 12.1 Å². The summed E-state index contributed by atoms with van der Waals surface area (Å²) in [5.41, 5.74) is 0.105. The number of nitriles is 1. The SMILES string of the molecule is CC(CC#N)NC(=O)c1cc(=O)c2ccccc2o1. The highest BCUT2D eigenvalue weighted by Gasteiger charge is 2.14. The van der Waals surface area contributed by atoms with Gasteiger partial charge in [0, 0.05) is 12.1 Å². The largest absolute Gasteiger partial charge is 0.451 e. The number of nitrogens with zero attached hydrogens (tertiary/aromatic N) is 1. The van der Waals surface area contributed by atoms with Gasteiger partial charge in [-0.15, -0.1) is 0 Å². The molecule has 0 aliphatic rings. The van der Waals surface area contributed by atoms with Gasteiger partial charge in [0.2, 0.25) is 0 Å². The van der Waals surface area contributed by atoms with Gasteiger partial charge in [0.15, 0.2) is 11.2 Å². The number of rotatable bonds is 3. The van der Waals surface area contributed by atoms with Gasteiger partial charge >= 0.3 is 0 Å². The van der Waals surface area contributed by atoms with Gasteiger partial charge in [0.1, 0.15) is 5.58 Å². The Balaban J connectivity index is 2.33. The van der Waals surface area contributed by atoms with Crippen LogP contribution in [0.25, 0.3) is 11.0 Å². The molecule has 1 aromatic carbocycles. The molecule has 0 saturated carbocycles. The molecule has 1 atom stereocenters. The Morgan fingerprint density at radius 2 is 2.21 bits per heavy atom. The van der Waals surface area contributed by atoms with E-state index in [9.17, 15) is 9.59 Å². The molecule has 1 heterocycles. The molecule has 96 valence electrons. The molecule has 1 unspecified atom stereocenters. The number of amides is 1. The minimum absolute atomic E-state index is 0.0477. The third kappa shape index (κ3) is 2.80. The minimum atomic E-state index is -0.495. The highest BCUT2D eigenvalue weighted by molar-refractivity contribution is 5.93. The first-order valence-electron chi connectivity index (χ1n) is 5.82. The molecule has 5 heteroatoms. The van der Waals surface area contributed by atoms with E-state index in [1.165, 1.54) is 0 Å². The van der Waals surface area contributed by atoms with Crippen molar-refractivity contribution in [3.05, 3.63) is 46.3 Å². The van der Waals surface area contributed by atoms with E-state index in [0.717, 1.165) is 6.07 Å². The molecule has 0 aliphatic carbocycles. The molecule has 0 radical (unpaired) electrons. The fourth-order valence-electron chi connectivity index (χ4n) is 1.70. The molecule has 2 aromatic rings. The summed E-state index contributed by atoms with van der Waals surface area (Å²) in [4.78, 5) is 23.7. The maximum atomic E-state index is 11.9. The number of carbonyl (C=O) groups is 1. The van der Waals surface area contributed by atoms with Crippen LogP contribution in [-0.2, 0) is 0 Å². The van der Waals surface area contributed by atoms with E-state index in [-0.39, 0.29) is 23.7 Å². The number of hydrogen-bond acceptors (Lipinski definition) is 4. The third-order valence-electron chi connectivity index (χ3n) is 2.63. The molecule has 0 saturated heterocycles. The van der Waals surface area contributed by atoms with Gasteiger partial charge in [-0.25, -0.2) is 0 Å². The molecule has 5 nitrogen and oxygen atoms in total. The molecule has 1 N–H and O–H groups in total. The van der Waals surface area contributed by atoms with Crippen molar-refractivity contribution in [3.63, 3.8) is 0 Å². The van der Waals surface area contributed by atoms with Crippen LogP contribution in [0.15, 0.2) is 39.5 Å². The standard InChI is InChI=1S/C14H12N2O3/c1-9(6-7-15)16-14(18)13-8-11(17)10-4-2-3-5-12(10)19-13/h2-5,8-9H,6H2,1H3,(H,16,18). The number of fused-ring (bicyclic) bond motifs is 1. The van der Waals surface area contributed by atoms with E-state index in [4.69, 9.17) is 9.68 Å². The highest BCUT2D eigenvalue weighted by atomic mass is 16.3. The Hall–Kier alpha value is -2.61. The maximum Gasteiger partial charge on any atom is 0.287 e. The smallest absolute Gasteiger partial charge is 0.287 e. The quantitative estimate of drug-likeness (QED) is 0.908. The van der Waals surface area contributed by atoms with Crippen molar-refractivity contribution >= 4 is 16.9 Å². The molecule has 0 bridgehead atoms. The van der Waals surface area contributed by atoms with Crippen molar-refractivity contribution < 1.29 is 9.21 Å². The number of carbonyl (C=O) groups excluding carboxylic acids is 1. The average Bonchev–Trinajstić information content (AvgIpc) is 2.39. The second-order valence-electron chi connectivity index (χ2n) is 4.21. The van der Waals surface area contributed by atoms with Gasteiger partial charge in [0.05, 0.1) is 17.9 Å². The van der Waals surface area contributed by atoms with Crippen LogP contribution in [0.5, 0.6) is 0 Å². The van der Waals surface area contributed by atoms with Crippen LogP contribution in [0.4, 0.5) is 0 Å². The molecule has 19 heavy (non-hydrogen) atoms. The molecule has 0 spiro atoms. The average molecular weight is 256 g/mol. The predicted molar refractivity (Wildman–Crippen MR) is 69.6 cm³/mol. The molecule has 1 amide bonds. The van der Waals surface area contributed by atoms with Crippen LogP contribution in [0, 0.1) is 11.3 Å². The van der Waals surface area contributed by atoms with Crippen LogP contribution < -0.4 is 10.7 Å². The van der Waals surface area contributed by atoms with Crippen molar-refractivity contribution in [2.45, 2.75) is 19.4 Å². The summed E-state index contributed by atoms with van der Waals surface area (Å²) >= 11 is 0. The van der Waals surface area contributed by atoms with Crippen molar-refractivity contribution in [2.75, 3.05) is 0 Å². The number of para-hydroxylation sites is 1. The third-order valence-corrected chi connectivity index (χ3v) is 2.63. The van der Waals surface area contributed by atoms with Crippen molar-refractivity contribution in [1.29, 1.82) is 5.26 Å². The molecular formula is C14H12N2O3. The van der Waals surface area contributed by atoms with Gasteiger partial charge in [-0.3, -0.25) is 9.59 Å². The normalized spacial score (nSPS) is 11.8. The molecular weight excluding hydrogens is 244 g/mol. The van der Waals surface area contributed by atoms with Gasteiger partial charge in [-0.05, 0) is 19.1 Å². The fraction of sp³-hybridized carbons (Fsp3) is 0.214. The van der Waals surface area contributed by atoms with Crippen LogP contribution in [0.3, 0.4) is 0 Å². The summed E-state index contributed by atoms with van der Waals surface area (Å²) in [6, 6.07) is 9.55. The number of nitrogens with one attached hydrogen (secondary N) is 1. The van der Waals surface area contributed by atoms with E-state index in [1.807, 2.05) is 6.07 Å². The van der Waals surface area contributed by atoms with E-state index in [1.54, 1.807) is 31.2 Å². The van der Waals surface area contributed by atoms with E-state index in [2.05, 4.69) is 5.32 Å². The fourth-order valence-corrected chi connectivity index (χ4v) is 1.70. The minimum Gasteiger partial charge on any atom is -0.451 e. The molecule has 0 aliphatic heterocycles. The Labute approximate surface area is 109 Å². The summed E-state index contributed by atoms with van der Waals surface area (Å²) in [7, 11) is 0. The number of benzene rings is 1. The van der Waals surface area contributed by atoms with E-state index < -0.39 is 5.91 Å². The molecule has 2 rings (SSSR count). The first kappa shape index (κ1) is 12.8. The monoisotopic (exact) mass is 256 g/mol. The first-order chi connectivity index (χ1) is 9.11. The zero-order chi connectivity index (χ0) is 13.8. The summed E-state index contributed by atoms with van der Waals surface area (Å²) < 4.78 is 5.39. The van der Waals surface area contributed by atoms with Crippen molar-refractivity contribution in [3.8, 4) is 6.07 Å². The van der Waals surface area contributed by atoms with E-state index in [0.29, 0.717) is 11.0 Å². The van der Waals surface area contributed by atoms with Crippen LogP contribution in [0.1, 0.15) is 23.9 Å². The summed E-state index contributed by atoms with van der Waals surface area (Å²) in [6.45, 7) is 1.71. The second kappa shape index (κ2) is 5.36. The van der Waals surface area contributed by atoms with Crippen molar-refractivity contribution in [2.24, 2.45) is 0 Å². The zero-order valence-corrected chi connectivity index (χ0v) is 10.3. The summed E-state index contributed by atoms with van der Waals surface area (Å²) in [5, 5.41) is 11.6. The predicted octanol–water partition coefficient (Wildman–Crippen LogP) is 1.82. The van der Waals surface area contributed by atoms with Crippen LogP contribution in [0.2, 0.25) is 0 Å². The lowest BCUT2D eigenvalue weighted by atomic mass is 10.2. The highest BCUT2D eigenvalue weighted by Crippen LogP contribution is 2.11. The topological polar surface area (TPSA) is 83.1 Å².